The first-order valence-electron chi connectivity index (χ1n) is 7.81. The summed E-state index contributed by atoms with van der Waals surface area (Å²) < 4.78 is 25.4. The molecule has 0 aliphatic heterocycles. The van der Waals surface area contributed by atoms with E-state index in [-0.39, 0.29) is 11.4 Å². The first-order valence-corrected chi connectivity index (χ1v) is 10.0. The molecule has 8 nitrogen and oxygen atoms in total. The number of amides is 1. The van der Waals surface area contributed by atoms with Crippen LogP contribution in [0.15, 0.2) is 42.5 Å². The molecule has 144 valence electrons. The SMILES string of the molecule is Cc1cc(Cl)ccc1NC(=O)[C@H](C)N(c1cccc([N+](=O)[O-])c1)S(C)(=O)=O. The zero-order valence-corrected chi connectivity index (χ0v) is 16.4. The number of halogens is 1. The molecule has 0 aromatic heterocycles. The third kappa shape index (κ3) is 4.95. The van der Waals surface area contributed by atoms with Crippen molar-refractivity contribution in [2.75, 3.05) is 15.9 Å². The van der Waals surface area contributed by atoms with Gasteiger partial charge in [0.25, 0.3) is 5.69 Å². The fourth-order valence-corrected chi connectivity index (χ4v) is 3.95. The monoisotopic (exact) mass is 411 g/mol. The Morgan fingerprint density at radius 2 is 1.93 bits per heavy atom. The molecule has 27 heavy (non-hydrogen) atoms. The fraction of sp³-hybridized carbons (Fsp3) is 0.235. The van der Waals surface area contributed by atoms with Gasteiger partial charge >= 0.3 is 0 Å². The molecular formula is C17H18ClN3O5S. The second kappa shape index (κ2) is 7.93. The summed E-state index contributed by atoms with van der Waals surface area (Å²) in [5, 5.41) is 14.1. The van der Waals surface area contributed by atoms with Gasteiger partial charge in [-0.1, -0.05) is 17.7 Å². The van der Waals surface area contributed by atoms with E-state index >= 15 is 0 Å². The standard InChI is InChI=1S/C17H18ClN3O5S/c1-11-9-13(18)7-8-16(11)19-17(22)12(2)20(27(3,25)26)14-5-4-6-15(10-14)21(23)24/h4-10,12H,1-3H3,(H,19,22)/t12-/m0/s1. The maximum atomic E-state index is 12.6. The Morgan fingerprint density at radius 3 is 2.48 bits per heavy atom. The highest BCUT2D eigenvalue weighted by molar-refractivity contribution is 7.92. The number of sulfonamides is 1. The summed E-state index contributed by atoms with van der Waals surface area (Å²) >= 11 is 5.89. The average Bonchev–Trinajstić information content (AvgIpc) is 2.56. The van der Waals surface area contributed by atoms with Crippen molar-refractivity contribution in [2.24, 2.45) is 0 Å². The molecule has 0 unspecified atom stereocenters. The minimum atomic E-state index is -3.89. The van der Waals surface area contributed by atoms with Crippen LogP contribution in [0.4, 0.5) is 17.1 Å². The summed E-state index contributed by atoms with van der Waals surface area (Å²) in [5.74, 6) is -0.586. The molecule has 1 N–H and O–H groups in total. The Bertz CT molecular complexity index is 994. The minimum absolute atomic E-state index is 0.0298. The summed E-state index contributed by atoms with van der Waals surface area (Å²) in [4.78, 5) is 23.0. The van der Waals surface area contributed by atoms with Gasteiger partial charge in [-0.3, -0.25) is 19.2 Å². The van der Waals surface area contributed by atoms with Crippen LogP contribution in [0.3, 0.4) is 0 Å². The van der Waals surface area contributed by atoms with E-state index in [1.54, 1.807) is 25.1 Å². The predicted octanol–water partition coefficient (Wildman–Crippen LogP) is 3.35. The van der Waals surface area contributed by atoms with E-state index < -0.39 is 26.9 Å². The van der Waals surface area contributed by atoms with Crippen LogP contribution in [0.1, 0.15) is 12.5 Å². The normalized spacial score (nSPS) is 12.3. The molecule has 10 heteroatoms. The quantitative estimate of drug-likeness (QED) is 0.579. The zero-order chi connectivity index (χ0) is 20.4. The van der Waals surface area contributed by atoms with Crippen molar-refractivity contribution >= 4 is 44.6 Å². The molecule has 1 atom stereocenters. The number of non-ortho nitro benzene ring substituents is 1. The molecule has 0 radical (unpaired) electrons. The van der Waals surface area contributed by atoms with Gasteiger partial charge in [0.2, 0.25) is 15.9 Å². The molecular weight excluding hydrogens is 394 g/mol. The molecule has 0 spiro atoms. The van der Waals surface area contributed by atoms with Gasteiger partial charge in [0.1, 0.15) is 6.04 Å². The van der Waals surface area contributed by atoms with Gasteiger partial charge in [-0.15, -0.1) is 0 Å². The summed E-state index contributed by atoms with van der Waals surface area (Å²) in [6.45, 7) is 3.15. The van der Waals surface area contributed by atoms with Crippen molar-refractivity contribution in [3.63, 3.8) is 0 Å². The van der Waals surface area contributed by atoms with E-state index in [4.69, 9.17) is 11.6 Å². The Balaban J connectivity index is 2.38. The topological polar surface area (TPSA) is 110 Å². The Kier molecular flexibility index (Phi) is 6.07. The molecule has 0 saturated heterocycles. The largest absolute Gasteiger partial charge is 0.324 e. The van der Waals surface area contributed by atoms with E-state index in [1.165, 1.54) is 25.1 Å². The summed E-state index contributed by atoms with van der Waals surface area (Å²) in [6, 6.07) is 8.84. The van der Waals surface area contributed by atoms with Crippen LogP contribution in [0.5, 0.6) is 0 Å². The molecule has 0 aliphatic carbocycles. The molecule has 0 bridgehead atoms. The lowest BCUT2D eigenvalue weighted by Crippen LogP contribution is -2.45. The summed E-state index contributed by atoms with van der Waals surface area (Å²) in [5.41, 5.74) is 0.956. The molecule has 0 saturated carbocycles. The Hall–Kier alpha value is -2.65. The van der Waals surface area contributed by atoms with E-state index in [0.717, 1.165) is 16.6 Å². The van der Waals surface area contributed by atoms with Gasteiger partial charge in [-0.05, 0) is 43.7 Å². The number of rotatable bonds is 6. The first kappa shape index (κ1) is 20.7. The third-order valence-electron chi connectivity index (χ3n) is 3.83. The highest BCUT2D eigenvalue weighted by atomic mass is 35.5. The van der Waals surface area contributed by atoms with Crippen LogP contribution in [-0.4, -0.2) is 31.5 Å². The van der Waals surface area contributed by atoms with Gasteiger partial charge in [-0.25, -0.2) is 8.42 Å². The van der Waals surface area contributed by atoms with Crippen LogP contribution in [-0.2, 0) is 14.8 Å². The van der Waals surface area contributed by atoms with Crippen molar-refractivity contribution in [3.8, 4) is 0 Å². The molecule has 0 aliphatic rings. The first-order chi connectivity index (χ1) is 12.5. The Morgan fingerprint density at radius 1 is 1.26 bits per heavy atom. The number of nitro benzene ring substituents is 1. The predicted molar refractivity (Wildman–Crippen MR) is 105 cm³/mol. The van der Waals surface area contributed by atoms with E-state index in [1.807, 2.05) is 0 Å². The zero-order valence-electron chi connectivity index (χ0n) is 14.8. The van der Waals surface area contributed by atoms with Crippen LogP contribution in [0.25, 0.3) is 0 Å². The van der Waals surface area contributed by atoms with Crippen LogP contribution >= 0.6 is 11.6 Å². The van der Waals surface area contributed by atoms with Crippen molar-refractivity contribution in [2.45, 2.75) is 19.9 Å². The lowest BCUT2D eigenvalue weighted by molar-refractivity contribution is -0.384. The second-order valence-corrected chi connectivity index (χ2v) is 8.26. The van der Waals surface area contributed by atoms with Gasteiger partial charge in [0.15, 0.2) is 0 Å². The number of nitrogens with one attached hydrogen (secondary N) is 1. The van der Waals surface area contributed by atoms with Gasteiger partial charge in [0.05, 0.1) is 16.9 Å². The smallest absolute Gasteiger partial charge is 0.271 e. The second-order valence-electron chi connectivity index (χ2n) is 5.96. The van der Waals surface area contributed by atoms with Gasteiger partial charge in [0, 0.05) is 22.8 Å². The third-order valence-corrected chi connectivity index (χ3v) is 5.31. The molecule has 2 aromatic rings. The summed E-state index contributed by atoms with van der Waals surface area (Å²) in [7, 11) is -3.89. The summed E-state index contributed by atoms with van der Waals surface area (Å²) in [6.07, 6.45) is 0.934. The number of hydrogen-bond donors (Lipinski definition) is 1. The number of carbonyl (C=O) groups excluding carboxylic acids is 1. The maximum absolute atomic E-state index is 12.6. The number of carbonyl (C=O) groups is 1. The number of anilines is 2. The van der Waals surface area contributed by atoms with Crippen molar-refractivity contribution in [3.05, 3.63) is 63.2 Å². The van der Waals surface area contributed by atoms with Crippen LogP contribution in [0, 0.1) is 17.0 Å². The molecule has 2 aromatic carbocycles. The average molecular weight is 412 g/mol. The highest BCUT2D eigenvalue weighted by Gasteiger charge is 2.30. The number of aryl methyl sites for hydroxylation is 1. The van der Waals surface area contributed by atoms with E-state index in [2.05, 4.69) is 5.32 Å². The number of benzene rings is 2. The Labute approximate surface area is 162 Å². The number of nitro groups is 1. The lowest BCUT2D eigenvalue weighted by Gasteiger charge is -2.28. The minimum Gasteiger partial charge on any atom is -0.324 e. The molecule has 2 rings (SSSR count). The maximum Gasteiger partial charge on any atom is 0.271 e. The molecule has 0 fully saturated rings. The molecule has 1 amide bonds. The molecule has 0 heterocycles. The van der Waals surface area contributed by atoms with Crippen LogP contribution in [0.2, 0.25) is 5.02 Å². The highest BCUT2D eigenvalue weighted by Crippen LogP contribution is 2.26. The van der Waals surface area contributed by atoms with Crippen molar-refractivity contribution in [1.29, 1.82) is 0 Å². The van der Waals surface area contributed by atoms with Crippen LogP contribution < -0.4 is 9.62 Å². The van der Waals surface area contributed by atoms with Gasteiger partial charge < -0.3 is 5.32 Å². The lowest BCUT2D eigenvalue weighted by atomic mass is 10.2. The van der Waals surface area contributed by atoms with Crippen molar-refractivity contribution in [1.82, 2.24) is 0 Å². The van der Waals surface area contributed by atoms with Crippen molar-refractivity contribution < 1.29 is 18.1 Å². The van der Waals surface area contributed by atoms with E-state index in [0.29, 0.717) is 16.3 Å². The van der Waals surface area contributed by atoms with Gasteiger partial charge in [-0.2, -0.15) is 0 Å². The number of hydrogen-bond acceptors (Lipinski definition) is 5. The fourth-order valence-electron chi connectivity index (χ4n) is 2.56. The number of nitrogens with zero attached hydrogens (tertiary/aromatic N) is 2. The van der Waals surface area contributed by atoms with E-state index in [9.17, 15) is 23.3 Å².